The number of amides is 1. The van der Waals surface area contributed by atoms with Crippen LogP contribution in [0.25, 0.3) is 0 Å². The van der Waals surface area contributed by atoms with Crippen molar-refractivity contribution < 1.29 is 14.7 Å². The van der Waals surface area contributed by atoms with Crippen molar-refractivity contribution in [3.8, 4) is 0 Å². The highest BCUT2D eigenvalue weighted by molar-refractivity contribution is 5.94. The van der Waals surface area contributed by atoms with E-state index in [-0.39, 0.29) is 12.2 Å². The maximum atomic E-state index is 12.3. The summed E-state index contributed by atoms with van der Waals surface area (Å²) in [6.07, 6.45) is 1.47. The molecule has 1 aromatic heterocycles. The summed E-state index contributed by atoms with van der Waals surface area (Å²) in [4.78, 5) is 24.4. The van der Waals surface area contributed by atoms with Gasteiger partial charge in [-0.25, -0.2) is 0 Å². The summed E-state index contributed by atoms with van der Waals surface area (Å²) in [7, 11) is 0. The number of nitrogens with two attached hydrogens (primary N) is 1. The number of carboxylic acid groups (broad SMARTS) is 1. The van der Waals surface area contributed by atoms with Gasteiger partial charge in [-0.1, -0.05) is 5.21 Å². The first-order valence-electron chi connectivity index (χ1n) is 5.89. The summed E-state index contributed by atoms with van der Waals surface area (Å²) in [5.41, 5.74) is 4.88. The molecular formula is C11H19N5O3. The number of hydrogen-bond donors (Lipinski definition) is 2. The van der Waals surface area contributed by atoms with Crippen molar-refractivity contribution in [3.05, 3.63) is 11.9 Å². The van der Waals surface area contributed by atoms with Gasteiger partial charge >= 0.3 is 5.97 Å². The lowest BCUT2D eigenvalue weighted by Crippen LogP contribution is -2.48. The molecule has 3 N–H and O–H groups in total. The average molecular weight is 269 g/mol. The Balaban J connectivity index is 2.95. The zero-order valence-corrected chi connectivity index (χ0v) is 11.3. The third-order valence-corrected chi connectivity index (χ3v) is 2.46. The molecule has 0 aliphatic rings. The number of hydrogen-bond acceptors (Lipinski definition) is 5. The second-order valence-corrected chi connectivity index (χ2v) is 5.11. The molecule has 0 aromatic carbocycles. The van der Waals surface area contributed by atoms with Crippen molar-refractivity contribution in [2.24, 2.45) is 5.73 Å². The number of aliphatic carboxylic acids is 1. The van der Waals surface area contributed by atoms with Gasteiger partial charge in [0.05, 0.1) is 12.7 Å². The van der Waals surface area contributed by atoms with Crippen LogP contribution in [0.4, 0.5) is 0 Å². The summed E-state index contributed by atoms with van der Waals surface area (Å²) < 4.78 is 1.45. The molecule has 0 aliphatic heterocycles. The summed E-state index contributed by atoms with van der Waals surface area (Å²) >= 11 is 0. The normalized spacial score (nSPS) is 11.4. The standard InChI is InChI=1S/C11H19N5O3/c1-11(2,3)16(7-9(17)18)10(19)8-6-15(5-4-12)14-13-8/h6H,4-5,7,12H2,1-3H3,(H,17,18). The van der Waals surface area contributed by atoms with Gasteiger partial charge in [0, 0.05) is 12.1 Å². The molecule has 0 spiro atoms. The van der Waals surface area contributed by atoms with Crippen LogP contribution in [0.2, 0.25) is 0 Å². The molecule has 0 bridgehead atoms. The van der Waals surface area contributed by atoms with Crippen molar-refractivity contribution in [1.82, 2.24) is 19.9 Å². The first kappa shape index (κ1) is 15.1. The highest BCUT2D eigenvalue weighted by atomic mass is 16.4. The van der Waals surface area contributed by atoms with Crippen LogP contribution in [0.3, 0.4) is 0 Å². The minimum Gasteiger partial charge on any atom is -0.480 e. The van der Waals surface area contributed by atoms with E-state index in [0.717, 1.165) is 0 Å². The van der Waals surface area contributed by atoms with E-state index >= 15 is 0 Å². The van der Waals surface area contributed by atoms with E-state index in [0.29, 0.717) is 13.1 Å². The molecule has 106 valence electrons. The molecule has 1 amide bonds. The minimum absolute atomic E-state index is 0.115. The summed E-state index contributed by atoms with van der Waals surface area (Å²) in [5, 5.41) is 16.4. The Kier molecular flexibility index (Phi) is 4.60. The molecule has 1 heterocycles. The van der Waals surface area contributed by atoms with Gasteiger partial charge in [-0.2, -0.15) is 0 Å². The fourth-order valence-electron chi connectivity index (χ4n) is 1.53. The van der Waals surface area contributed by atoms with Crippen LogP contribution in [0.5, 0.6) is 0 Å². The van der Waals surface area contributed by atoms with Gasteiger partial charge in [0.1, 0.15) is 6.54 Å². The summed E-state index contributed by atoms with van der Waals surface area (Å²) in [6, 6.07) is 0. The first-order valence-corrected chi connectivity index (χ1v) is 5.89. The molecule has 0 radical (unpaired) electrons. The highest BCUT2D eigenvalue weighted by Gasteiger charge is 2.30. The maximum absolute atomic E-state index is 12.3. The molecule has 0 atom stereocenters. The van der Waals surface area contributed by atoms with Crippen LogP contribution in [0, 0.1) is 0 Å². The SMILES string of the molecule is CC(C)(C)N(CC(=O)O)C(=O)c1cn(CCN)nn1. The lowest BCUT2D eigenvalue weighted by Gasteiger charge is -2.33. The van der Waals surface area contributed by atoms with E-state index in [2.05, 4.69) is 10.3 Å². The molecule has 0 saturated heterocycles. The smallest absolute Gasteiger partial charge is 0.323 e. The minimum atomic E-state index is -1.07. The van der Waals surface area contributed by atoms with Crippen molar-refractivity contribution in [2.45, 2.75) is 32.9 Å². The Morgan fingerprint density at radius 3 is 2.58 bits per heavy atom. The van der Waals surface area contributed by atoms with E-state index in [4.69, 9.17) is 10.8 Å². The van der Waals surface area contributed by atoms with Gasteiger partial charge in [0.2, 0.25) is 0 Å². The third kappa shape index (κ3) is 4.02. The van der Waals surface area contributed by atoms with Gasteiger partial charge in [-0.15, -0.1) is 5.10 Å². The second-order valence-electron chi connectivity index (χ2n) is 5.11. The lowest BCUT2D eigenvalue weighted by molar-refractivity contribution is -0.138. The highest BCUT2D eigenvalue weighted by Crippen LogP contribution is 2.16. The number of carbonyl (C=O) groups excluding carboxylic acids is 1. The van der Waals surface area contributed by atoms with Gasteiger partial charge in [-0.3, -0.25) is 14.3 Å². The number of aromatic nitrogens is 3. The Hall–Kier alpha value is -1.96. The number of carboxylic acids is 1. The first-order chi connectivity index (χ1) is 8.75. The van der Waals surface area contributed by atoms with Gasteiger partial charge in [-0.05, 0) is 20.8 Å². The molecule has 1 rings (SSSR count). The monoisotopic (exact) mass is 269 g/mol. The average Bonchev–Trinajstić information content (AvgIpc) is 2.72. The van der Waals surface area contributed by atoms with Gasteiger partial charge in [0.15, 0.2) is 5.69 Å². The molecule has 1 aromatic rings. The zero-order valence-electron chi connectivity index (χ0n) is 11.3. The molecule has 0 saturated carbocycles. The van der Waals surface area contributed by atoms with Crippen LogP contribution in [0.1, 0.15) is 31.3 Å². The quantitative estimate of drug-likeness (QED) is 0.749. The third-order valence-electron chi connectivity index (χ3n) is 2.46. The number of nitrogens with zero attached hydrogens (tertiary/aromatic N) is 4. The van der Waals surface area contributed by atoms with E-state index < -0.39 is 17.4 Å². The zero-order chi connectivity index (χ0) is 14.6. The lowest BCUT2D eigenvalue weighted by atomic mass is 10.1. The van der Waals surface area contributed by atoms with Gasteiger partial charge < -0.3 is 15.7 Å². The maximum Gasteiger partial charge on any atom is 0.323 e. The molecular weight excluding hydrogens is 250 g/mol. The Labute approximate surface area is 111 Å². The fourth-order valence-corrected chi connectivity index (χ4v) is 1.53. The number of carbonyl (C=O) groups is 2. The predicted octanol–water partition coefficient (Wildman–Crippen LogP) is -0.438. The molecule has 0 aliphatic carbocycles. The van der Waals surface area contributed by atoms with E-state index in [1.165, 1.54) is 15.8 Å². The number of rotatable bonds is 5. The second kappa shape index (κ2) is 5.79. The van der Waals surface area contributed by atoms with Crippen molar-refractivity contribution in [1.29, 1.82) is 0 Å². The van der Waals surface area contributed by atoms with Crippen LogP contribution < -0.4 is 5.73 Å². The topological polar surface area (TPSA) is 114 Å². The van der Waals surface area contributed by atoms with E-state index in [9.17, 15) is 9.59 Å². The van der Waals surface area contributed by atoms with Crippen LogP contribution in [-0.4, -0.2) is 55.5 Å². The Bertz CT molecular complexity index is 463. The molecule has 8 nitrogen and oxygen atoms in total. The molecule has 19 heavy (non-hydrogen) atoms. The molecule has 0 unspecified atom stereocenters. The van der Waals surface area contributed by atoms with Crippen LogP contribution in [0.15, 0.2) is 6.20 Å². The van der Waals surface area contributed by atoms with Gasteiger partial charge in [0.25, 0.3) is 5.91 Å². The van der Waals surface area contributed by atoms with Crippen molar-refractivity contribution in [3.63, 3.8) is 0 Å². The van der Waals surface area contributed by atoms with Crippen LogP contribution >= 0.6 is 0 Å². The fraction of sp³-hybridized carbons (Fsp3) is 0.636. The van der Waals surface area contributed by atoms with E-state index in [1.807, 2.05) is 0 Å². The van der Waals surface area contributed by atoms with Crippen LogP contribution in [-0.2, 0) is 11.3 Å². The molecule has 8 heteroatoms. The largest absolute Gasteiger partial charge is 0.480 e. The van der Waals surface area contributed by atoms with Crippen molar-refractivity contribution in [2.75, 3.05) is 13.1 Å². The Morgan fingerprint density at radius 2 is 2.11 bits per heavy atom. The molecule has 0 fully saturated rings. The summed E-state index contributed by atoms with van der Waals surface area (Å²) in [6.45, 7) is 5.74. The van der Waals surface area contributed by atoms with Crippen molar-refractivity contribution >= 4 is 11.9 Å². The van der Waals surface area contributed by atoms with E-state index in [1.54, 1.807) is 20.8 Å². The predicted molar refractivity (Wildman–Crippen MR) is 67.5 cm³/mol. The summed E-state index contributed by atoms with van der Waals surface area (Å²) in [5.74, 6) is -1.53. The Morgan fingerprint density at radius 1 is 1.47 bits per heavy atom.